The first-order valence-electron chi connectivity index (χ1n) is 9.88. The second kappa shape index (κ2) is 10.9. The van der Waals surface area contributed by atoms with Gasteiger partial charge in [0, 0.05) is 45.6 Å². The predicted octanol–water partition coefficient (Wildman–Crippen LogP) is 2.18. The largest absolute Gasteiger partial charge is 0.492 e. The molecule has 9 heteroatoms. The Morgan fingerprint density at radius 3 is 2.55 bits per heavy atom. The van der Waals surface area contributed by atoms with Crippen LogP contribution in [0, 0.1) is 6.92 Å². The number of benzene rings is 1. The van der Waals surface area contributed by atoms with Gasteiger partial charge in [-0.05, 0) is 25.5 Å². The van der Waals surface area contributed by atoms with E-state index in [1.165, 1.54) is 11.3 Å². The minimum absolute atomic E-state index is 0.116. The highest BCUT2D eigenvalue weighted by atomic mass is 32.1. The third kappa shape index (κ3) is 7.10. The van der Waals surface area contributed by atoms with E-state index >= 15 is 0 Å². The second-order valence-electron chi connectivity index (χ2n) is 6.91. The number of hydrogen-bond acceptors (Lipinski definition) is 7. The first-order chi connectivity index (χ1) is 14.1. The van der Waals surface area contributed by atoms with Gasteiger partial charge >= 0.3 is 0 Å². The number of carbonyl (C=O) groups excluding carboxylic acids is 2. The summed E-state index contributed by atoms with van der Waals surface area (Å²) in [4.78, 5) is 28.5. The number of hydrogen-bond donors (Lipinski definition) is 1. The molecular weight excluding hydrogens is 390 g/mol. The van der Waals surface area contributed by atoms with Gasteiger partial charge in [-0.2, -0.15) is 0 Å². The van der Waals surface area contributed by atoms with Crippen LogP contribution in [0.15, 0.2) is 30.3 Å². The summed E-state index contributed by atoms with van der Waals surface area (Å²) in [5.41, 5.74) is 0. The molecule has 1 aromatic carbocycles. The van der Waals surface area contributed by atoms with Crippen LogP contribution in [0.5, 0.6) is 5.75 Å². The topological polar surface area (TPSA) is 87.7 Å². The van der Waals surface area contributed by atoms with Gasteiger partial charge < -0.3 is 15.0 Å². The van der Waals surface area contributed by atoms with Crippen LogP contribution >= 0.6 is 11.3 Å². The molecule has 0 aliphatic carbocycles. The number of nitrogens with zero attached hydrogens (tertiary/aromatic N) is 4. The van der Waals surface area contributed by atoms with Gasteiger partial charge in [0.2, 0.25) is 16.9 Å². The quantitative estimate of drug-likeness (QED) is 0.673. The number of aromatic nitrogens is 2. The zero-order valence-electron chi connectivity index (χ0n) is 16.7. The second-order valence-corrected chi connectivity index (χ2v) is 8.09. The van der Waals surface area contributed by atoms with Gasteiger partial charge in [0.1, 0.15) is 17.4 Å². The van der Waals surface area contributed by atoms with Crippen LogP contribution in [-0.2, 0) is 9.59 Å². The Balaban J connectivity index is 1.27. The van der Waals surface area contributed by atoms with Crippen molar-refractivity contribution in [2.45, 2.75) is 26.2 Å². The summed E-state index contributed by atoms with van der Waals surface area (Å²) in [6.07, 6.45) is 1.23. The molecule has 0 radical (unpaired) electrons. The molecule has 1 saturated heterocycles. The van der Waals surface area contributed by atoms with Crippen molar-refractivity contribution in [3.8, 4) is 5.75 Å². The normalized spacial score (nSPS) is 14.6. The number of piperazine rings is 1. The summed E-state index contributed by atoms with van der Waals surface area (Å²) in [6, 6.07) is 9.79. The Hall–Kier alpha value is -2.52. The predicted molar refractivity (Wildman–Crippen MR) is 112 cm³/mol. The fourth-order valence-corrected chi connectivity index (χ4v) is 3.73. The number of ether oxygens (including phenoxy) is 1. The Kier molecular flexibility index (Phi) is 7.94. The summed E-state index contributed by atoms with van der Waals surface area (Å²) in [5, 5.41) is 11.8. The van der Waals surface area contributed by atoms with Crippen molar-refractivity contribution in [3.63, 3.8) is 0 Å². The lowest BCUT2D eigenvalue weighted by Crippen LogP contribution is -2.49. The molecular formula is C20H27N5O3S. The molecule has 0 spiro atoms. The molecule has 1 aliphatic heterocycles. The van der Waals surface area contributed by atoms with Crippen LogP contribution in [-0.4, -0.2) is 71.1 Å². The molecule has 1 N–H and O–H groups in total. The first kappa shape index (κ1) is 21.2. The van der Waals surface area contributed by atoms with E-state index in [2.05, 4.69) is 20.4 Å². The molecule has 1 aromatic heterocycles. The zero-order valence-corrected chi connectivity index (χ0v) is 17.5. The van der Waals surface area contributed by atoms with Gasteiger partial charge in [0.25, 0.3) is 0 Å². The first-order valence-corrected chi connectivity index (χ1v) is 10.7. The van der Waals surface area contributed by atoms with E-state index in [9.17, 15) is 9.59 Å². The molecule has 0 bridgehead atoms. The summed E-state index contributed by atoms with van der Waals surface area (Å²) in [6.45, 7) is 6.47. The zero-order chi connectivity index (χ0) is 20.5. The van der Waals surface area contributed by atoms with Gasteiger partial charge in [-0.25, -0.2) is 0 Å². The van der Waals surface area contributed by atoms with E-state index in [0.29, 0.717) is 31.0 Å². The van der Waals surface area contributed by atoms with Crippen LogP contribution < -0.4 is 10.1 Å². The average Bonchev–Trinajstić information content (AvgIpc) is 3.13. The lowest BCUT2D eigenvalue weighted by atomic mass is 10.2. The smallest absolute Gasteiger partial charge is 0.226 e. The molecule has 29 heavy (non-hydrogen) atoms. The maximum absolute atomic E-state index is 12.4. The number of nitrogens with one attached hydrogen (secondary N) is 1. The van der Waals surface area contributed by atoms with E-state index in [4.69, 9.17) is 4.74 Å². The molecule has 3 rings (SSSR count). The summed E-state index contributed by atoms with van der Waals surface area (Å²) in [5.74, 6) is 0.869. The Bertz CT molecular complexity index is 790. The third-order valence-electron chi connectivity index (χ3n) is 4.71. The lowest BCUT2D eigenvalue weighted by molar-refractivity contribution is -0.133. The highest BCUT2D eigenvalue weighted by Gasteiger charge is 2.20. The highest BCUT2D eigenvalue weighted by Crippen LogP contribution is 2.14. The van der Waals surface area contributed by atoms with E-state index in [1.807, 2.05) is 42.2 Å². The molecule has 2 heterocycles. The highest BCUT2D eigenvalue weighted by molar-refractivity contribution is 7.15. The molecule has 8 nitrogen and oxygen atoms in total. The molecule has 0 saturated carbocycles. The van der Waals surface area contributed by atoms with Crippen molar-refractivity contribution in [2.24, 2.45) is 0 Å². The van der Waals surface area contributed by atoms with Crippen LogP contribution in [0.4, 0.5) is 5.13 Å². The Labute approximate surface area is 174 Å². The van der Waals surface area contributed by atoms with Crippen LogP contribution in [0.1, 0.15) is 24.3 Å². The molecule has 2 amide bonds. The molecule has 0 unspecified atom stereocenters. The van der Waals surface area contributed by atoms with Gasteiger partial charge in [-0.15, -0.1) is 10.2 Å². The van der Waals surface area contributed by atoms with Crippen LogP contribution in [0.25, 0.3) is 0 Å². The van der Waals surface area contributed by atoms with E-state index in [-0.39, 0.29) is 11.8 Å². The van der Waals surface area contributed by atoms with Crippen molar-refractivity contribution in [1.82, 2.24) is 20.0 Å². The number of para-hydroxylation sites is 1. The fraction of sp³-hybridized carbons (Fsp3) is 0.500. The fourth-order valence-electron chi connectivity index (χ4n) is 3.12. The van der Waals surface area contributed by atoms with Gasteiger partial charge in [0.05, 0.1) is 0 Å². The summed E-state index contributed by atoms with van der Waals surface area (Å²) >= 11 is 1.34. The number of amides is 2. The van der Waals surface area contributed by atoms with Crippen molar-refractivity contribution < 1.29 is 14.3 Å². The maximum Gasteiger partial charge on any atom is 0.226 e. The molecule has 2 aromatic rings. The number of rotatable bonds is 9. The number of carbonyl (C=O) groups is 2. The molecule has 156 valence electrons. The van der Waals surface area contributed by atoms with Crippen molar-refractivity contribution >= 4 is 28.3 Å². The minimum atomic E-state index is -0.128. The molecule has 1 fully saturated rings. The van der Waals surface area contributed by atoms with Crippen molar-refractivity contribution in [3.05, 3.63) is 35.3 Å². The third-order valence-corrected chi connectivity index (χ3v) is 5.47. The van der Waals surface area contributed by atoms with Crippen molar-refractivity contribution in [1.29, 1.82) is 0 Å². The minimum Gasteiger partial charge on any atom is -0.492 e. The average molecular weight is 418 g/mol. The monoisotopic (exact) mass is 417 g/mol. The van der Waals surface area contributed by atoms with E-state index in [1.54, 1.807) is 0 Å². The van der Waals surface area contributed by atoms with Gasteiger partial charge in [0.15, 0.2) is 0 Å². The number of aryl methyl sites for hydroxylation is 1. The van der Waals surface area contributed by atoms with Crippen LogP contribution in [0.3, 0.4) is 0 Å². The standard InChI is InChI=1S/C20H27N5O3S/c1-16-22-23-20(29-16)21-18(26)8-5-9-19(27)25-12-10-24(11-13-25)14-15-28-17-6-3-2-4-7-17/h2-4,6-7H,5,8-15H2,1H3,(H,21,23,26). The lowest BCUT2D eigenvalue weighted by Gasteiger charge is -2.34. The van der Waals surface area contributed by atoms with Gasteiger partial charge in [-0.3, -0.25) is 14.5 Å². The summed E-state index contributed by atoms with van der Waals surface area (Å²) < 4.78 is 5.73. The molecule has 0 atom stereocenters. The van der Waals surface area contributed by atoms with E-state index in [0.717, 1.165) is 43.5 Å². The van der Waals surface area contributed by atoms with Gasteiger partial charge in [-0.1, -0.05) is 29.5 Å². The van der Waals surface area contributed by atoms with E-state index < -0.39 is 0 Å². The number of anilines is 1. The Morgan fingerprint density at radius 1 is 1.10 bits per heavy atom. The van der Waals surface area contributed by atoms with Crippen LogP contribution in [0.2, 0.25) is 0 Å². The molecule has 1 aliphatic rings. The SMILES string of the molecule is Cc1nnc(NC(=O)CCCC(=O)N2CCN(CCOc3ccccc3)CC2)s1. The Morgan fingerprint density at radius 2 is 1.86 bits per heavy atom. The summed E-state index contributed by atoms with van der Waals surface area (Å²) in [7, 11) is 0. The van der Waals surface area contributed by atoms with Crippen molar-refractivity contribution in [2.75, 3.05) is 44.6 Å². The maximum atomic E-state index is 12.4.